The molecule has 0 aliphatic heterocycles. The number of benzene rings is 1. The molecular formula is C15H13F2N3O2. The van der Waals surface area contributed by atoms with Crippen LogP contribution in [0, 0.1) is 11.6 Å². The van der Waals surface area contributed by atoms with Crippen LogP contribution in [0.3, 0.4) is 0 Å². The molecule has 0 spiro atoms. The molecule has 0 atom stereocenters. The zero-order valence-corrected chi connectivity index (χ0v) is 11.8. The Hall–Kier alpha value is -2.70. The van der Waals surface area contributed by atoms with Crippen LogP contribution >= 0.6 is 0 Å². The number of halogens is 2. The average molecular weight is 305 g/mol. The number of hydrogen-bond acceptors (Lipinski definition) is 3. The number of carbonyl (C=O) groups is 1. The summed E-state index contributed by atoms with van der Waals surface area (Å²) in [6.07, 6.45) is 4.73. The molecule has 0 saturated heterocycles. The van der Waals surface area contributed by atoms with Gasteiger partial charge in [-0.2, -0.15) is 5.10 Å². The molecule has 0 aliphatic carbocycles. The van der Waals surface area contributed by atoms with Gasteiger partial charge in [-0.05, 0) is 13.0 Å². The Morgan fingerprint density at radius 2 is 2.14 bits per heavy atom. The highest BCUT2D eigenvalue weighted by Crippen LogP contribution is 2.17. The summed E-state index contributed by atoms with van der Waals surface area (Å²) in [7, 11) is 0. The molecule has 0 aliphatic rings. The fourth-order valence-electron chi connectivity index (χ4n) is 2.28. The van der Waals surface area contributed by atoms with E-state index in [0.29, 0.717) is 16.8 Å². The van der Waals surface area contributed by atoms with Crippen molar-refractivity contribution in [2.24, 2.45) is 0 Å². The van der Waals surface area contributed by atoms with Gasteiger partial charge in [0.25, 0.3) is 0 Å². The third-order valence-corrected chi connectivity index (χ3v) is 3.28. The first-order valence-electron chi connectivity index (χ1n) is 6.73. The van der Waals surface area contributed by atoms with Crippen molar-refractivity contribution in [1.29, 1.82) is 0 Å². The molecule has 0 unspecified atom stereocenters. The van der Waals surface area contributed by atoms with Crippen molar-refractivity contribution in [2.75, 3.05) is 6.61 Å². The largest absolute Gasteiger partial charge is 0.462 e. The minimum atomic E-state index is -0.635. The lowest BCUT2D eigenvalue weighted by atomic mass is 10.2. The quantitative estimate of drug-likeness (QED) is 0.696. The second-order valence-electron chi connectivity index (χ2n) is 4.71. The van der Waals surface area contributed by atoms with Gasteiger partial charge in [-0.25, -0.2) is 18.1 Å². The Labute approximate surface area is 124 Å². The summed E-state index contributed by atoms with van der Waals surface area (Å²) in [6.45, 7) is 2.12. The summed E-state index contributed by atoms with van der Waals surface area (Å²) in [6, 6.07) is 3.40. The highest BCUT2D eigenvalue weighted by atomic mass is 19.1. The fourth-order valence-corrected chi connectivity index (χ4v) is 2.28. The maximum absolute atomic E-state index is 13.8. The lowest BCUT2D eigenvalue weighted by Gasteiger charge is -2.07. The molecule has 2 aromatic heterocycles. The maximum atomic E-state index is 13.8. The number of nitrogens with zero attached hydrogens (tertiary/aromatic N) is 3. The van der Waals surface area contributed by atoms with Gasteiger partial charge in [0, 0.05) is 24.0 Å². The van der Waals surface area contributed by atoms with E-state index in [1.807, 2.05) is 0 Å². The van der Waals surface area contributed by atoms with E-state index in [1.165, 1.54) is 22.8 Å². The van der Waals surface area contributed by atoms with Crippen molar-refractivity contribution in [3.8, 4) is 0 Å². The Kier molecular flexibility index (Phi) is 3.62. The number of fused-ring (bicyclic) bond motifs is 1. The first-order valence-corrected chi connectivity index (χ1v) is 6.73. The third kappa shape index (κ3) is 2.45. The van der Waals surface area contributed by atoms with Crippen molar-refractivity contribution in [3.63, 3.8) is 0 Å². The van der Waals surface area contributed by atoms with Crippen LogP contribution in [-0.4, -0.2) is 26.8 Å². The van der Waals surface area contributed by atoms with E-state index in [4.69, 9.17) is 4.74 Å². The van der Waals surface area contributed by atoms with E-state index in [9.17, 15) is 13.6 Å². The summed E-state index contributed by atoms with van der Waals surface area (Å²) in [5.74, 6) is -1.75. The average Bonchev–Trinajstić information content (AvgIpc) is 3.05. The molecule has 5 nitrogen and oxygen atoms in total. The number of carbonyl (C=O) groups excluding carboxylic acids is 1. The molecule has 0 fully saturated rings. The SMILES string of the molecule is CCOC(=O)c1cnn2ccn(Cc3ccc(F)cc3F)c12. The van der Waals surface area contributed by atoms with Crippen molar-refractivity contribution in [2.45, 2.75) is 13.5 Å². The summed E-state index contributed by atoms with van der Waals surface area (Å²) >= 11 is 0. The molecule has 0 saturated carbocycles. The summed E-state index contributed by atoms with van der Waals surface area (Å²) < 4.78 is 34.9. The molecule has 22 heavy (non-hydrogen) atoms. The molecule has 1 aromatic carbocycles. The lowest BCUT2D eigenvalue weighted by Crippen LogP contribution is -2.08. The minimum absolute atomic E-state index is 0.153. The number of rotatable bonds is 4. The normalized spacial score (nSPS) is 11.0. The first kappa shape index (κ1) is 14.2. The van der Waals surface area contributed by atoms with Crippen LogP contribution in [-0.2, 0) is 11.3 Å². The summed E-state index contributed by atoms with van der Waals surface area (Å²) in [5, 5.41) is 4.06. The van der Waals surface area contributed by atoms with Crippen LogP contribution in [0.4, 0.5) is 8.78 Å². The van der Waals surface area contributed by atoms with Crippen LogP contribution < -0.4 is 0 Å². The van der Waals surface area contributed by atoms with Gasteiger partial charge in [0.2, 0.25) is 0 Å². The van der Waals surface area contributed by atoms with Gasteiger partial charge in [-0.15, -0.1) is 0 Å². The van der Waals surface area contributed by atoms with Gasteiger partial charge in [-0.3, -0.25) is 0 Å². The summed E-state index contributed by atoms with van der Waals surface area (Å²) in [5.41, 5.74) is 1.12. The Balaban J connectivity index is 2.00. The van der Waals surface area contributed by atoms with Crippen molar-refractivity contribution in [3.05, 3.63) is 59.6 Å². The van der Waals surface area contributed by atoms with E-state index < -0.39 is 17.6 Å². The molecule has 0 amide bonds. The van der Waals surface area contributed by atoms with Gasteiger partial charge < -0.3 is 9.30 Å². The number of esters is 1. The molecular weight excluding hydrogens is 292 g/mol. The maximum Gasteiger partial charge on any atom is 0.343 e. The molecule has 0 N–H and O–H groups in total. The monoisotopic (exact) mass is 305 g/mol. The standard InChI is InChI=1S/C15H13F2N3O2/c1-2-22-15(21)12-8-18-20-6-5-19(14(12)20)9-10-3-4-11(16)7-13(10)17/h3-8H,2,9H2,1H3. The smallest absolute Gasteiger partial charge is 0.343 e. The van der Waals surface area contributed by atoms with E-state index in [0.717, 1.165) is 6.07 Å². The minimum Gasteiger partial charge on any atom is -0.462 e. The number of imidazole rings is 1. The molecule has 3 rings (SSSR count). The van der Waals surface area contributed by atoms with Gasteiger partial charge in [0.15, 0.2) is 5.65 Å². The molecule has 114 valence electrons. The molecule has 2 heterocycles. The predicted molar refractivity (Wildman–Crippen MR) is 74.6 cm³/mol. The van der Waals surface area contributed by atoms with E-state index in [-0.39, 0.29) is 13.2 Å². The lowest BCUT2D eigenvalue weighted by molar-refractivity contribution is 0.0528. The molecule has 0 radical (unpaired) electrons. The highest BCUT2D eigenvalue weighted by Gasteiger charge is 2.18. The molecule has 0 bridgehead atoms. The van der Waals surface area contributed by atoms with Crippen LogP contribution in [0.25, 0.3) is 5.65 Å². The molecule has 7 heteroatoms. The van der Waals surface area contributed by atoms with Crippen molar-refractivity contribution in [1.82, 2.24) is 14.2 Å². The van der Waals surface area contributed by atoms with Crippen LogP contribution in [0.1, 0.15) is 22.8 Å². The summed E-state index contributed by atoms with van der Waals surface area (Å²) in [4.78, 5) is 11.9. The Bertz CT molecular complexity index is 839. The van der Waals surface area contributed by atoms with E-state index in [2.05, 4.69) is 5.10 Å². The van der Waals surface area contributed by atoms with Crippen LogP contribution in [0.5, 0.6) is 0 Å². The Morgan fingerprint density at radius 3 is 2.86 bits per heavy atom. The topological polar surface area (TPSA) is 48.5 Å². The number of aromatic nitrogens is 3. The first-order chi connectivity index (χ1) is 10.6. The third-order valence-electron chi connectivity index (χ3n) is 3.28. The highest BCUT2D eigenvalue weighted by molar-refractivity contribution is 5.95. The van der Waals surface area contributed by atoms with Gasteiger partial charge in [0.05, 0.1) is 19.3 Å². The fraction of sp³-hybridized carbons (Fsp3) is 0.200. The van der Waals surface area contributed by atoms with Crippen LogP contribution in [0.2, 0.25) is 0 Å². The Morgan fingerprint density at radius 1 is 1.32 bits per heavy atom. The van der Waals surface area contributed by atoms with Crippen molar-refractivity contribution < 1.29 is 18.3 Å². The van der Waals surface area contributed by atoms with Gasteiger partial charge >= 0.3 is 5.97 Å². The van der Waals surface area contributed by atoms with Gasteiger partial charge in [0.1, 0.15) is 17.2 Å². The van der Waals surface area contributed by atoms with E-state index >= 15 is 0 Å². The second kappa shape index (κ2) is 5.59. The second-order valence-corrected chi connectivity index (χ2v) is 4.71. The number of ether oxygens (including phenoxy) is 1. The zero-order valence-electron chi connectivity index (χ0n) is 11.8. The zero-order chi connectivity index (χ0) is 15.7. The predicted octanol–water partition coefficient (Wildman–Crippen LogP) is 2.64. The molecule has 3 aromatic rings. The van der Waals surface area contributed by atoms with Crippen molar-refractivity contribution >= 4 is 11.6 Å². The van der Waals surface area contributed by atoms with Gasteiger partial charge in [-0.1, -0.05) is 6.07 Å². The van der Waals surface area contributed by atoms with Crippen LogP contribution in [0.15, 0.2) is 36.8 Å². The van der Waals surface area contributed by atoms with E-state index in [1.54, 1.807) is 23.9 Å². The number of hydrogen-bond donors (Lipinski definition) is 0.